The summed E-state index contributed by atoms with van der Waals surface area (Å²) in [6.07, 6.45) is 3.64. The summed E-state index contributed by atoms with van der Waals surface area (Å²) in [5.74, 6) is -0.974. The third-order valence-electron chi connectivity index (χ3n) is 5.22. The van der Waals surface area contributed by atoms with Crippen molar-refractivity contribution in [2.45, 2.75) is 32.4 Å². The number of aromatic nitrogens is 4. The van der Waals surface area contributed by atoms with Gasteiger partial charge >= 0.3 is 5.69 Å². The molecule has 2 aromatic carbocycles. The van der Waals surface area contributed by atoms with Gasteiger partial charge in [0.15, 0.2) is 5.65 Å². The lowest BCUT2D eigenvalue weighted by molar-refractivity contribution is 0.543. The van der Waals surface area contributed by atoms with Crippen molar-refractivity contribution in [3.8, 4) is 5.69 Å². The van der Waals surface area contributed by atoms with Crippen LogP contribution in [0.2, 0.25) is 0 Å². The highest BCUT2D eigenvalue weighted by Gasteiger charge is 2.24. The quantitative estimate of drug-likeness (QED) is 0.547. The Labute approximate surface area is 170 Å². The number of anilines is 1. The van der Waals surface area contributed by atoms with Gasteiger partial charge in [-0.25, -0.2) is 23.1 Å². The third-order valence-corrected chi connectivity index (χ3v) is 5.22. The fraction of sp³-hybridized carbons (Fsp3) is 0.227. The van der Waals surface area contributed by atoms with Crippen molar-refractivity contribution in [2.24, 2.45) is 0 Å². The minimum atomic E-state index is -0.703. The number of fused-ring (bicyclic) bond motifs is 1. The second-order valence-electron chi connectivity index (χ2n) is 7.56. The Bertz CT molecular complexity index is 1300. The first-order chi connectivity index (χ1) is 14.5. The molecule has 0 saturated heterocycles. The lowest BCUT2D eigenvalue weighted by Gasteiger charge is -2.06. The van der Waals surface area contributed by atoms with Crippen molar-refractivity contribution in [3.63, 3.8) is 0 Å². The zero-order valence-corrected chi connectivity index (χ0v) is 16.3. The molecule has 2 aromatic heterocycles. The number of nitrogens with one attached hydrogen (secondary N) is 1. The molecular formula is C22H19F2N5O. The zero-order valence-electron chi connectivity index (χ0n) is 16.3. The summed E-state index contributed by atoms with van der Waals surface area (Å²) >= 11 is 0. The number of rotatable bonds is 5. The second kappa shape index (κ2) is 7.05. The lowest BCUT2D eigenvalue weighted by Crippen LogP contribution is -2.24. The van der Waals surface area contributed by atoms with Gasteiger partial charge in [-0.3, -0.25) is 4.57 Å². The molecule has 0 amide bonds. The minimum absolute atomic E-state index is 0.178. The van der Waals surface area contributed by atoms with Gasteiger partial charge in [0.05, 0.1) is 18.4 Å². The van der Waals surface area contributed by atoms with E-state index in [2.05, 4.69) is 15.3 Å². The van der Waals surface area contributed by atoms with E-state index >= 15 is 0 Å². The van der Waals surface area contributed by atoms with Crippen LogP contribution >= 0.6 is 0 Å². The van der Waals surface area contributed by atoms with Crippen LogP contribution in [0, 0.1) is 18.6 Å². The van der Waals surface area contributed by atoms with Crippen LogP contribution in [0.15, 0.2) is 53.5 Å². The first-order valence-corrected chi connectivity index (χ1v) is 9.76. The normalized spacial score (nSPS) is 13.7. The molecule has 1 aliphatic rings. The van der Waals surface area contributed by atoms with E-state index in [1.807, 2.05) is 25.1 Å². The Balaban J connectivity index is 1.72. The topological polar surface area (TPSA) is 64.7 Å². The number of hydrogen-bond donors (Lipinski definition) is 1. The summed E-state index contributed by atoms with van der Waals surface area (Å²) < 4.78 is 31.3. The first kappa shape index (κ1) is 18.5. The Morgan fingerprint density at radius 1 is 1.13 bits per heavy atom. The molecule has 30 heavy (non-hydrogen) atoms. The average Bonchev–Trinajstić information content (AvgIpc) is 3.48. The fourth-order valence-corrected chi connectivity index (χ4v) is 3.51. The molecule has 1 N–H and O–H groups in total. The van der Waals surface area contributed by atoms with Gasteiger partial charge in [0.1, 0.15) is 17.2 Å². The van der Waals surface area contributed by atoms with E-state index in [4.69, 9.17) is 0 Å². The van der Waals surface area contributed by atoms with Crippen LogP contribution in [0.4, 0.5) is 14.7 Å². The van der Waals surface area contributed by atoms with Crippen molar-refractivity contribution >= 4 is 17.1 Å². The first-order valence-electron chi connectivity index (χ1n) is 9.76. The fourth-order valence-electron chi connectivity index (χ4n) is 3.51. The van der Waals surface area contributed by atoms with Crippen LogP contribution in [-0.4, -0.2) is 25.1 Å². The van der Waals surface area contributed by atoms with Gasteiger partial charge in [-0.15, -0.1) is 0 Å². The van der Waals surface area contributed by atoms with E-state index in [0.29, 0.717) is 28.8 Å². The van der Waals surface area contributed by atoms with Gasteiger partial charge < -0.3 is 5.32 Å². The van der Waals surface area contributed by atoms with Crippen LogP contribution in [0.1, 0.15) is 24.0 Å². The Kier molecular flexibility index (Phi) is 4.34. The molecule has 1 aliphatic carbocycles. The summed E-state index contributed by atoms with van der Waals surface area (Å²) in [6.45, 7) is 1.67. The van der Waals surface area contributed by atoms with Crippen LogP contribution in [0.3, 0.4) is 0 Å². The number of hydrogen-bond acceptors (Lipinski definition) is 4. The van der Waals surface area contributed by atoms with Crippen LogP contribution in [0.5, 0.6) is 0 Å². The van der Waals surface area contributed by atoms with Gasteiger partial charge in [0.25, 0.3) is 0 Å². The molecule has 1 fully saturated rings. The standard InChI is InChI=1S/C22H19F2N5O/c1-13-4-2-5-15(10-13)29-20-19(11-25-21(27-20)26-14-8-9-14)28(22(29)30)12-16-17(23)6-3-7-18(16)24/h2-7,10-11,14H,8-9,12H2,1H3,(H,25,26,27). The van der Waals surface area contributed by atoms with Crippen LogP contribution in [-0.2, 0) is 6.54 Å². The van der Waals surface area contributed by atoms with Crippen molar-refractivity contribution in [2.75, 3.05) is 5.32 Å². The van der Waals surface area contributed by atoms with Crippen LogP contribution in [0.25, 0.3) is 16.9 Å². The van der Waals surface area contributed by atoms with Crippen molar-refractivity contribution < 1.29 is 8.78 Å². The van der Waals surface area contributed by atoms with E-state index < -0.39 is 17.3 Å². The van der Waals surface area contributed by atoms with E-state index in [9.17, 15) is 13.6 Å². The van der Waals surface area contributed by atoms with Crippen molar-refractivity contribution in [3.05, 3.63) is 81.9 Å². The highest BCUT2D eigenvalue weighted by molar-refractivity contribution is 5.74. The van der Waals surface area contributed by atoms with Gasteiger partial charge in [0.2, 0.25) is 5.95 Å². The molecule has 8 heteroatoms. The Hall–Kier alpha value is -3.55. The monoisotopic (exact) mass is 407 g/mol. The molecule has 0 atom stereocenters. The molecule has 6 nitrogen and oxygen atoms in total. The summed E-state index contributed by atoms with van der Waals surface area (Å²) in [5, 5.41) is 3.23. The molecule has 152 valence electrons. The Morgan fingerprint density at radius 3 is 2.57 bits per heavy atom. The van der Waals surface area contributed by atoms with Gasteiger partial charge in [-0.05, 0) is 49.6 Å². The SMILES string of the molecule is Cc1cccc(-n2c(=O)n(Cc3c(F)cccc3F)c3cnc(NC4CC4)nc32)c1. The molecule has 0 radical (unpaired) electrons. The molecule has 4 aromatic rings. The molecular weight excluding hydrogens is 388 g/mol. The third kappa shape index (κ3) is 3.24. The molecule has 1 saturated carbocycles. The largest absolute Gasteiger partial charge is 0.351 e. The highest BCUT2D eigenvalue weighted by atomic mass is 19.1. The van der Waals surface area contributed by atoms with Crippen LogP contribution < -0.4 is 11.0 Å². The highest BCUT2D eigenvalue weighted by Crippen LogP contribution is 2.25. The molecule has 0 aliphatic heterocycles. The number of halogens is 2. The summed E-state index contributed by atoms with van der Waals surface area (Å²) in [4.78, 5) is 22.2. The predicted octanol–water partition coefficient (Wildman–Crippen LogP) is 3.79. The maximum atomic E-state index is 14.3. The predicted molar refractivity (Wildman–Crippen MR) is 110 cm³/mol. The molecule has 0 spiro atoms. The van der Waals surface area contributed by atoms with Crippen molar-refractivity contribution in [1.82, 2.24) is 19.1 Å². The minimum Gasteiger partial charge on any atom is -0.351 e. The number of imidazole rings is 1. The summed E-state index contributed by atoms with van der Waals surface area (Å²) in [6, 6.07) is 11.4. The van der Waals surface area contributed by atoms with Gasteiger partial charge in [-0.2, -0.15) is 4.98 Å². The number of nitrogens with zero attached hydrogens (tertiary/aromatic N) is 4. The summed E-state index contributed by atoms with van der Waals surface area (Å²) in [7, 11) is 0. The zero-order chi connectivity index (χ0) is 20.8. The Morgan fingerprint density at radius 2 is 1.87 bits per heavy atom. The van der Waals surface area contributed by atoms with E-state index in [1.54, 1.807) is 6.07 Å². The number of benzene rings is 2. The maximum absolute atomic E-state index is 14.3. The molecule has 0 bridgehead atoms. The van der Waals surface area contributed by atoms with E-state index in [0.717, 1.165) is 18.4 Å². The van der Waals surface area contributed by atoms with E-state index in [-0.39, 0.29) is 12.1 Å². The lowest BCUT2D eigenvalue weighted by atomic mass is 10.2. The molecule has 5 rings (SSSR count). The summed E-state index contributed by atoms with van der Waals surface area (Å²) in [5.41, 5.74) is 1.80. The average molecular weight is 407 g/mol. The molecule has 0 unspecified atom stereocenters. The second-order valence-corrected chi connectivity index (χ2v) is 7.56. The van der Waals surface area contributed by atoms with Gasteiger partial charge in [0, 0.05) is 11.6 Å². The number of aryl methyl sites for hydroxylation is 1. The smallest absolute Gasteiger partial charge is 0.335 e. The maximum Gasteiger partial charge on any atom is 0.335 e. The van der Waals surface area contributed by atoms with Crippen molar-refractivity contribution in [1.29, 1.82) is 0 Å². The van der Waals surface area contributed by atoms with E-state index in [1.165, 1.54) is 33.5 Å². The molecule has 2 heterocycles. The van der Waals surface area contributed by atoms with Gasteiger partial charge in [-0.1, -0.05) is 18.2 Å².